The number of primary amides is 1. The lowest BCUT2D eigenvalue weighted by molar-refractivity contribution is 0.0961. The second-order valence-electron chi connectivity index (χ2n) is 5.85. The number of benzene rings is 1. The van der Waals surface area contributed by atoms with Gasteiger partial charge < -0.3 is 19.9 Å². The van der Waals surface area contributed by atoms with Crippen molar-refractivity contribution in [3.8, 4) is 11.5 Å². The van der Waals surface area contributed by atoms with Crippen molar-refractivity contribution in [2.75, 3.05) is 13.2 Å². The summed E-state index contributed by atoms with van der Waals surface area (Å²) in [7, 11) is 0. The van der Waals surface area contributed by atoms with Crippen molar-refractivity contribution in [2.24, 2.45) is 11.7 Å². The molecule has 0 radical (unpaired) electrons. The number of hydrogen-bond donors (Lipinski definition) is 1. The van der Waals surface area contributed by atoms with Gasteiger partial charge in [0.15, 0.2) is 0 Å². The zero-order chi connectivity index (χ0) is 15.8. The molecule has 2 N–H and O–H groups in total. The van der Waals surface area contributed by atoms with Crippen molar-refractivity contribution in [1.82, 2.24) is 0 Å². The Morgan fingerprint density at radius 3 is 2.73 bits per heavy atom. The molecule has 1 fully saturated rings. The maximum Gasteiger partial charge on any atom is 0.404 e. The summed E-state index contributed by atoms with van der Waals surface area (Å²) in [6.45, 7) is 2.71. The maximum absolute atomic E-state index is 10.6. The molecule has 0 heterocycles. The second kappa shape index (κ2) is 8.51. The van der Waals surface area contributed by atoms with Crippen molar-refractivity contribution >= 4 is 6.09 Å². The predicted molar refractivity (Wildman–Crippen MR) is 84.1 cm³/mol. The van der Waals surface area contributed by atoms with E-state index in [2.05, 4.69) is 0 Å². The van der Waals surface area contributed by atoms with Crippen LogP contribution in [0, 0.1) is 5.92 Å². The highest BCUT2D eigenvalue weighted by Gasteiger charge is 2.14. The average Bonchev–Trinajstić information content (AvgIpc) is 2.52. The summed E-state index contributed by atoms with van der Waals surface area (Å²) in [4.78, 5) is 10.6. The first-order chi connectivity index (χ1) is 10.6. The van der Waals surface area contributed by atoms with E-state index >= 15 is 0 Å². The monoisotopic (exact) mass is 307 g/mol. The van der Waals surface area contributed by atoms with E-state index in [1.807, 2.05) is 31.2 Å². The van der Waals surface area contributed by atoms with Crippen molar-refractivity contribution in [1.29, 1.82) is 0 Å². The van der Waals surface area contributed by atoms with Gasteiger partial charge in [-0.25, -0.2) is 4.79 Å². The molecule has 0 saturated heterocycles. The Labute approximate surface area is 131 Å². The van der Waals surface area contributed by atoms with E-state index in [9.17, 15) is 4.79 Å². The number of carbonyl (C=O) groups is 1. The van der Waals surface area contributed by atoms with Gasteiger partial charge in [-0.3, -0.25) is 0 Å². The quantitative estimate of drug-likeness (QED) is 0.837. The van der Waals surface area contributed by atoms with Crippen LogP contribution in [0.25, 0.3) is 0 Å². The summed E-state index contributed by atoms with van der Waals surface area (Å²) in [6.07, 6.45) is 5.45. The molecule has 1 atom stereocenters. The minimum atomic E-state index is -0.792. The van der Waals surface area contributed by atoms with E-state index in [1.54, 1.807) is 0 Å². The van der Waals surface area contributed by atoms with Gasteiger partial charge in [0.2, 0.25) is 0 Å². The minimum Gasteiger partial charge on any atom is -0.493 e. The Kier molecular flexibility index (Phi) is 6.37. The van der Waals surface area contributed by atoms with Gasteiger partial charge in [-0.15, -0.1) is 0 Å². The molecular formula is C17H25NO4. The molecule has 22 heavy (non-hydrogen) atoms. The first-order valence-corrected chi connectivity index (χ1v) is 7.95. The molecule has 0 aliphatic heterocycles. The van der Waals surface area contributed by atoms with Gasteiger partial charge in [-0.1, -0.05) is 25.3 Å². The molecule has 0 spiro atoms. The molecule has 0 aromatic heterocycles. The van der Waals surface area contributed by atoms with Crippen molar-refractivity contribution in [3.63, 3.8) is 0 Å². The Morgan fingerprint density at radius 2 is 2.00 bits per heavy atom. The van der Waals surface area contributed by atoms with Crippen LogP contribution in [0.5, 0.6) is 11.5 Å². The number of carbonyl (C=O) groups excluding carboxylic acids is 1. The summed E-state index contributed by atoms with van der Waals surface area (Å²) < 4.78 is 16.3. The lowest BCUT2D eigenvalue weighted by atomic mass is 9.90. The van der Waals surface area contributed by atoms with Gasteiger partial charge in [0.25, 0.3) is 0 Å². The number of rotatable bonds is 7. The molecule has 1 aromatic carbocycles. The fourth-order valence-electron chi connectivity index (χ4n) is 2.67. The van der Waals surface area contributed by atoms with Crippen molar-refractivity contribution < 1.29 is 19.0 Å². The van der Waals surface area contributed by atoms with Crippen LogP contribution in [0.3, 0.4) is 0 Å². The highest BCUT2D eigenvalue weighted by Crippen LogP contribution is 2.26. The summed E-state index contributed by atoms with van der Waals surface area (Å²) in [5, 5.41) is 0. The largest absolute Gasteiger partial charge is 0.493 e. The molecule has 1 saturated carbocycles. The van der Waals surface area contributed by atoms with Gasteiger partial charge in [0.05, 0.1) is 6.61 Å². The minimum absolute atomic E-state index is 0.127. The van der Waals surface area contributed by atoms with E-state index in [1.165, 1.54) is 32.1 Å². The molecule has 1 aliphatic rings. The summed E-state index contributed by atoms with van der Waals surface area (Å²) in [6, 6.07) is 7.55. The van der Waals surface area contributed by atoms with E-state index in [4.69, 9.17) is 19.9 Å². The summed E-state index contributed by atoms with van der Waals surface area (Å²) >= 11 is 0. The zero-order valence-corrected chi connectivity index (χ0v) is 13.1. The van der Waals surface area contributed by atoms with Crippen LogP contribution in [-0.4, -0.2) is 25.4 Å². The molecule has 1 unspecified atom stereocenters. The Balaban J connectivity index is 1.79. The van der Waals surface area contributed by atoms with Gasteiger partial charge in [0, 0.05) is 6.07 Å². The summed E-state index contributed by atoms with van der Waals surface area (Å²) in [5.41, 5.74) is 4.93. The van der Waals surface area contributed by atoms with Crippen LogP contribution in [0.4, 0.5) is 4.79 Å². The van der Waals surface area contributed by atoms with Crippen molar-refractivity contribution in [3.05, 3.63) is 24.3 Å². The molecule has 1 aliphatic carbocycles. The molecule has 122 valence electrons. The van der Waals surface area contributed by atoms with Crippen molar-refractivity contribution in [2.45, 2.75) is 45.1 Å². The number of ether oxygens (including phenoxy) is 3. The van der Waals surface area contributed by atoms with E-state index < -0.39 is 6.09 Å². The van der Waals surface area contributed by atoms with Gasteiger partial charge in [-0.05, 0) is 37.8 Å². The van der Waals surface area contributed by atoms with Crippen LogP contribution >= 0.6 is 0 Å². The smallest absolute Gasteiger partial charge is 0.404 e. The third kappa shape index (κ3) is 5.84. The van der Waals surface area contributed by atoms with Gasteiger partial charge >= 0.3 is 6.09 Å². The third-order valence-corrected chi connectivity index (χ3v) is 3.81. The molecule has 5 nitrogen and oxygen atoms in total. The van der Waals surface area contributed by atoms with Gasteiger partial charge in [-0.2, -0.15) is 0 Å². The van der Waals surface area contributed by atoms with E-state index in [0.717, 1.165) is 12.4 Å². The van der Waals surface area contributed by atoms with Crippen LogP contribution in [-0.2, 0) is 4.74 Å². The fraction of sp³-hybridized carbons (Fsp3) is 0.588. The third-order valence-electron chi connectivity index (χ3n) is 3.81. The SMILES string of the molecule is CC(COC(N)=O)Oc1cccc(OCC2CCCCC2)c1. The first-order valence-electron chi connectivity index (χ1n) is 7.95. The fourth-order valence-corrected chi connectivity index (χ4v) is 2.67. The van der Waals surface area contributed by atoms with Gasteiger partial charge in [0.1, 0.15) is 24.2 Å². The summed E-state index contributed by atoms with van der Waals surface area (Å²) in [5.74, 6) is 2.18. The standard InChI is InChI=1S/C17H25NO4/c1-13(11-21-17(18)19)22-16-9-5-8-15(10-16)20-12-14-6-3-2-4-7-14/h5,8-10,13-14H,2-4,6-7,11-12H2,1H3,(H2,18,19). The normalized spacial score (nSPS) is 16.8. The molecule has 2 rings (SSSR count). The van der Waals surface area contributed by atoms with E-state index in [-0.39, 0.29) is 12.7 Å². The molecular weight excluding hydrogens is 282 g/mol. The Hall–Kier alpha value is -1.91. The predicted octanol–water partition coefficient (Wildman–Crippen LogP) is 3.51. The maximum atomic E-state index is 10.6. The second-order valence-corrected chi connectivity index (χ2v) is 5.85. The van der Waals surface area contributed by atoms with Crippen LogP contribution in [0.2, 0.25) is 0 Å². The molecule has 1 amide bonds. The highest BCUT2D eigenvalue weighted by atomic mass is 16.6. The molecule has 5 heteroatoms. The van der Waals surface area contributed by atoms with E-state index in [0.29, 0.717) is 11.7 Å². The topological polar surface area (TPSA) is 70.8 Å². The molecule has 0 bridgehead atoms. The zero-order valence-electron chi connectivity index (χ0n) is 13.1. The van der Waals surface area contributed by atoms with Crippen LogP contribution in [0.15, 0.2) is 24.3 Å². The Morgan fingerprint density at radius 1 is 1.27 bits per heavy atom. The highest BCUT2D eigenvalue weighted by molar-refractivity contribution is 5.64. The molecule has 1 aromatic rings. The average molecular weight is 307 g/mol. The number of hydrogen-bond acceptors (Lipinski definition) is 4. The number of amides is 1. The lowest BCUT2D eigenvalue weighted by Crippen LogP contribution is -2.24. The lowest BCUT2D eigenvalue weighted by Gasteiger charge is -2.22. The van der Waals surface area contributed by atoms with Crippen LogP contribution in [0.1, 0.15) is 39.0 Å². The first kappa shape index (κ1) is 16.5. The van der Waals surface area contributed by atoms with Crippen LogP contribution < -0.4 is 15.2 Å². The Bertz CT molecular complexity index is 471. The number of nitrogens with two attached hydrogens (primary N) is 1.